The van der Waals surface area contributed by atoms with Crippen molar-refractivity contribution in [3.63, 3.8) is 0 Å². The molecule has 108 valence electrons. The summed E-state index contributed by atoms with van der Waals surface area (Å²) in [5.74, 6) is -0.291. The molecule has 4 heteroatoms. The summed E-state index contributed by atoms with van der Waals surface area (Å²) in [7, 11) is 0. The molecule has 1 aliphatic heterocycles. The number of fused-ring (bicyclic) bond motifs is 1. The second-order valence-corrected chi connectivity index (χ2v) is 5.91. The molecule has 0 radical (unpaired) electrons. The monoisotopic (exact) mass is 284 g/mol. The van der Waals surface area contributed by atoms with Crippen molar-refractivity contribution in [2.24, 2.45) is 5.73 Å². The molecule has 0 bridgehead atoms. The zero-order valence-corrected chi connectivity index (χ0v) is 12.0. The third-order valence-electron chi connectivity index (χ3n) is 4.12. The average Bonchev–Trinajstić information content (AvgIpc) is 2.69. The third kappa shape index (κ3) is 2.21. The first-order valence-corrected chi connectivity index (χ1v) is 6.86. The fourth-order valence-corrected chi connectivity index (χ4v) is 2.64. The van der Waals surface area contributed by atoms with E-state index in [2.05, 4.69) is 5.32 Å². The summed E-state index contributed by atoms with van der Waals surface area (Å²) >= 11 is 0. The number of carbonyl (C=O) groups is 1. The van der Waals surface area contributed by atoms with Gasteiger partial charge in [-0.2, -0.15) is 0 Å². The Morgan fingerprint density at radius 2 is 1.71 bits per heavy atom. The van der Waals surface area contributed by atoms with E-state index in [-0.39, 0.29) is 17.8 Å². The van der Waals surface area contributed by atoms with Crippen molar-refractivity contribution in [3.8, 4) is 0 Å². The molecular formula is C17H17FN2O. The molecule has 1 heterocycles. The van der Waals surface area contributed by atoms with Crippen molar-refractivity contribution in [1.29, 1.82) is 0 Å². The van der Waals surface area contributed by atoms with Crippen LogP contribution >= 0.6 is 0 Å². The molecule has 21 heavy (non-hydrogen) atoms. The number of amides is 1. The first kappa shape index (κ1) is 13.8. The lowest BCUT2D eigenvalue weighted by atomic mass is 9.84. The van der Waals surface area contributed by atoms with E-state index in [9.17, 15) is 9.18 Å². The maximum Gasteiger partial charge on any atom is 0.234 e. The Kier molecular flexibility index (Phi) is 3.06. The fraction of sp³-hybridized carbons (Fsp3) is 0.235. The van der Waals surface area contributed by atoms with Gasteiger partial charge in [0.15, 0.2) is 0 Å². The van der Waals surface area contributed by atoms with Gasteiger partial charge in [0, 0.05) is 5.69 Å². The molecular weight excluding hydrogens is 267 g/mol. The molecule has 3 nitrogen and oxygen atoms in total. The Morgan fingerprint density at radius 3 is 2.38 bits per heavy atom. The number of benzene rings is 2. The molecule has 0 aliphatic carbocycles. The molecule has 2 aromatic rings. The van der Waals surface area contributed by atoms with Gasteiger partial charge in [0.25, 0.3) is 0 Å². The van der Waals surface area contributed by atoms with E-state index in [0.717, 1.165) is 22.4 Å². The number of carbonyl (C=O) groups excluding carboxylic acids is 1. The molecule has 0 fully saturated rings. The predicted molar refractivity (Wildman–Crippen MR) is 80.5 cm³/mol. The van der Waals surface area contributed by atoms with Crippen LogP contribution in [0.5, 0.6) is 0 Å². The normalized spacial score (nSPS) is 17.2. The summed E-state index contributed by atoms with van der Waals surface area (Å²) in [6.07, 6.45) is 0. The lowest BCUT2D eigenvalue weighted by molar-refractivity contribution is -0.119. The summed E-state index contributed by atoms with van der Waals surface area (Å²) in [5, 5.41) is 2.87. The second-order valence-electron chi connectivity index (χ2n) is 5.91. The Hall–Kier alpha value is -2.20. The van der Waals surface area contributed by atoms with Gasteiger partial charge in [-0.05, 0) is 48.7 Å². The summed E-state index contributed by atoms with van der Waals surface area (Å²) in [5.41, 5.74) is 9.22. The van der Waals surface area contributed by atoms with Gasteiger partial charge in [-0.3, -0.25) is 4.79 Å². The average molecular weight is 284 g/mol. The number of hydrogen-bond acceptors (Lipinski definition) is 2. The van der Waals surface area contributed by atoms with Crippen LogP contribution in [-0.2, 0) is 10.2 Å². The van der Waals surface area contributed by atoms with Gasteiger partial charge >= 0.3 is 0 Å². The number of hydrogen-bond donors (Lipinski definition) is 2. The van der Waals surface area contributed by atoms with E-state index in [1.165, 1.54) is 12.1 Å². The summed E-state index contributed by atoms with van der Waals surface area (Å²) < 4.78 is 13.0. The van der Waals surface area contributed by atoms with E-state index in [4.69, 9.17) is 5.73 Å². The molecule has 1 aliphatic rings. The molecule has 3 N–H and O–H groups in total. The zero-order valence-electron chi connectivity index (χ0n) is 12.0. The van der Waals surface area contributed by atoms with Gasteiger partial charge in [0.2, 0.25) is 5.91 Å². The first-order valence-electron chi connectivity index (χ1n) is 6.86. The molecule has 0 saturated heterocycles. The number of halogens is 1. The molecule has 0 aromatic heterocycles. The predicted octanol–water partition coefficient (Wildman–Crippen LogP) is 3.10. The molecule has 3 rings (SSSR count). The summed E-state index contributed by atoms with van der Waals surface area (Å²) in [6.45, 7) is 3.78. The Morgan fingerprint density at radius 1 is 1.10 bits per heavy atom. The molecule has 0 spiro atoms. The quantitative estimate of drug-likeness (QED) is 0.890. The van der Waals surface area contributed by atoms with Gasteiger partial charge in [-0.15, -0.1) is 0 Å². The van der Waals surface area contributed by atoms with Crippen molar-refractivity contribution in [1.82, 2.24) is 0 Å². The molecule has 2 aromatic carbocycles. The maximum absolute atomic E-state index is 13.0. The van der Waals surface area contributed by atoms with E-state index in [0.29, 0.717) is 0 Å². The number of rotatable bonds is 2. The number of nitrogens with two attached hydrogens (primary N) is 1. The Labute approximate surface area is 123 Å². The molecule has 0 saturated carbocycles. The second kappa shape index (κ2) is 4.67. The van der Waals surface area contributed by atoms with Crippen LogP contribution in [0.4, 0.5) is 10.1 Å². The topological polar surface area (TPSA) is 55.1 Å². The lowest BCUT2D eigenvalue weighted by Gasteiger charge is -2.18. The summed E-state index contributed by atoms with van der Waals surface area (Å²) in [6, 6.07) is 11.6. The van der Waals surface area contributed by atoms with Crippen molar-refractivity contribution in [3.05, 3.63) is 65.0 Å². The van der Waals surface area contributed by atoms with Crippen LogP contribution in [0.3, 0.4) is 0 Å². The minimum Gasteiger partial charge on any atom is -0.325 e. The molecule has 1 unspecified atom stereocenters. The Bertz CT molecular complexity index is 707. The third-order valence-corrected chi connectivity index (χ3v) is 4.12. The number of anilines is 1. The van der Waals surface area contributed by atoms with Gasteiger partial charge in [0.05, 0.1) is 11.5 Å². The Balaban J connectivity index is 2.00. The van der Waals surface area contributed by atoms with Crippen LogP contribution in [0.25, 0.3) is 0 Å². The minimum atomic E-state index is -0.562. The van der Waals surface area contributed by atoms with Crippen molar-refractivity contribution < 1.29 is 9.18 Å². The highest BCUT2D eigenvalue weighted by molar-refractivity contribution is 6.05. The largest absolute Gasteiger partial charge is 0.325 e. The van der Waals surface area contributed by atoms with Crippen LogP contribution in [0, 0.1) is 5.82 Å². The van der Waals surface area contributed by atoms with Crippen LogP contribution in [0.15, 0.2) is 42.5 Å². The van der Waals surface area contributed by atoms with Crippen LogP contribution in [0.1, 0.15) is 36.6 Å². The van der Waals surface area contributed by atoms with E-state index in [1.54, 1.807) is 12.1 Å². The van der Waals surface area contributed by atoms with Gasteiger partial charge in [0.1, 0.15) is 5.82 Å². The highest BCUT2D eigenvalue weighted by Gasteiger charge is 2.38. The molecule has 1 amide bonds. The minimum absolute atomic E-state index is 0.00926. The highest BCUT2D eigenvalue weighted by atomic mass is 19.1. The van der Waals surface area contributed by atoms with E-state index < -0.39 is 5.41 Å². The van der Waals surface area contributed by atoms with Gasteiger partial charge in [-0.25, -0.2) is 4.39 Å². The van der Waals surface area contributed by atoms with Crippen molar-refractivity contribution in [2.75, 3.05) is 5.32 Å². The highest BCUT2D eigenvalue weighted by Crippen LogP contribution is 2.38. The standard InChI is InChI=1S/C17H17FN2O/c1-17(2)13-9-11(5-8-14(13)20-16(17)21)15(19)10-3-6-12(18)7-4-10/h3-9,15H,19H2,1-2H3,(H,20,21). The first-order chi connectivity index (χ1) is 9.89. The number of nitrogens with one attached hydrogen (secondary N) is 1. The SMILES string of the molecule is CC1(C)C(=O)Nc2ccc(C(N)c3ccc(F)cc3)cc21. The smallest absolute Gasteiger partial charge is 0.234 e. The van der Waals surface area contributed by atoms with Crippen LogP contribution in [-0.4, -0.2) is 5.91 Å². The summed E-state index contributed by atoms with van der Waals surface area (Å²) in [4.78, 5) is 12.0. The van der Waals surface area contributed by atoms with E-state index in [1.807, 2.05) is 32.0 Å². The van der Waals surface area contributed by atoms with Gasteiger partial charge in [-0.1, -0.05) is 24.3 Å². The van der Waals surface area contributed by atoms with Crippen molar-refractivity contribution in [2.45, 2.75) is 25.3 Å². The van der Waals surface area contributed by atoms with Gasteiger partial charge < -0.3 is 11.1 Å². The zero-order chi connectivity index (χ0) is 15.2. The fourth-order valence-electron chi connectivity index (χ4n) is 2.64. The molecule has 1 atom stereocenters. The maximum atomic E-state index is 13.0. The van der Waals surface area contributed by atoms with Crippen molar-refractivity contribution >= 4 is 11.6 Å². The van der Waals surface area contributed by atoms with Crippen LogP contribution in [0.2, 0.25) is 0 Å². The van der Waals surface area contributed by atoms with E-state index >= 15 is 0 Å². The van der Waals surface area contributed by atoms with Crippen LogP contribution < -0.4 is 11.1 Å². The lowest BCUT2D eigenvalue weighted by Crippen LogP contribution is -2.27.